The summed E-state index contributed by atoms with van der Waals surface area (Å²) in [6.45, 7) is 0.815. The molecule has 0 saturated carbocycles. The third-order valence-corrected chi connectivity index (χ3v) is 5.07. The quantitative estimate of drug-likeness (QED) is 0.301. The third-order valence-electron chi connectivity index (χ3n) is 5.07. The van der Waals surface area contributed by atoms with Crippen LogP contribution in [0.3, 0.4) is 0 Å². The number of ether oxygens (including phenoxy) is 3. The summed E-state index contributed by atoms with van der Waals surface area (Å²) in [6, 6.07) is 15.0. The molecule has 0 N–H and O–H groups in total. The fraction of sp³-hybridized carbons (Fsp3) is 0.167. The molecule has 0 unspecified atom stereocenters. The van der Waals surface area contributed by atoms with Gasteiger partial charge in [0.1, 0.15) is 17.4 Å². The molecule has 0 bridgehead atoms. The number of allylic oxidation sites excluding steroid dienone is 1. The zero-order chi connectivity index (χ0) is 22.8. The summed E-state index contributed by atoms with van der Waals surface area (Å²) in [4.78, 5) is 13.1. The number of nitriles is 1. The van der Waals surface area contributed by atoms with Crippen LogP contribution in [0.25, 0.3) is 11.8 Å². The number of halogens is 2. The number of alkyl halides is 2. The monoisotopic (exact) mass is 436 g/mol. The lowest BCUT2D eigenvalue weighted by atomic mass is 10.0. The topological polar surface area (TPSA) is 73.5 Å². The molecule has 6 nitrogen and oxygen atoms in total. The Kier molecular flexibility index (Phi) is 5.65. The van der Waals surface area contributed by atoms with E-state index in [-0.39, 0.29) is 18.1 Å². The van der Waals surface area contributed by atoms with Gasteiger partial charge in [-0.15, -0.1) is 0 Å². The first-order valence-corrected chi connectivity index (χ1v) is 9.67. The Hall–Kier alpha value is -4.12. The lowest BCUT2D eigenvalue weighted by Gasteiger charge is -2.11. The van der Waals surface area contributed by atoms with Gasteiger partial charge in [0.25, 0.3) is 0 Å². The van der Waals surface area contributed by atoms with Crippen molar-refractivity contribution in [3.63, 3.8) is 0 Å². The van der Waals surface area contributed by atoms with E-state index in [0.717, 1.165) is 5.69 Å². The van der Waals surface area contributed by atoms with E-state index in [1.807, 2.05) is 17.6 Å². The Balaban J connectivity index is 1.65. The number of rotatable bonds is 6. The maximum atomic E-state index is 13.1. The van der Waals surface area contributed by atoms with Crippen LogP contribution in [0.5, 0.6) is 17.2 Å². The van der Waals surface area contributed by atoms with Gasteiger partial charge in [-0.05, 0) is 68.0 Å². The summed E-state index contributed by atoms with van der Waals surface area (Å²) in [5.74, 6) is 0.796. The van der Waals surface area contributed by atoms with Gasteiger partial charge in [-0.3, -0.25) is 4.79 Å². The predicted molar refractivity (Wildman–Crippen MR) is 112 cm³/mol. The Morgan fingerprint density at radius 3 is 2.53 bits per heavy atom. The molecule has 2 heterocycles. The average molecular weight is 436 g/mol. The van der Waals surface area contributed by atoms with Crippen molar-refractivity contribution in [1.82, 2.24) is 4.57 Å². The number of aromatic nitrogens is 1. The Labute approximate surface area is 182 Å². The summed E-state index contributed by atoms with van der Waals surface area (Å²) in [7, 11) is 0. The molecule has 32 heavy (non-hydrogen) atoms. The van der Waals surface area contributed by atoms with Crippen LogP contribution in [0.1, 0.15) is 27.3 Å². The number of benzene rings is 2. The van der Waals surface area contributed by atoms with Crippen molar-refractivity contribution in [2.24, 2.45) is 0 Å². The number of carbonyl (C=O) groups excluding carboxylic acids is 1. The molecule has 2 aromatic carbocycles. The number of nitrogens with zero attached hydrogens (tertiary/aromatic N) is 2. The van der Waals surface area contributed by atoms with Gasteiger partial charge in [0.2, 0.25) is 12.6 Å². The highest BCUT2D eigenvalue weighted by molar-refractivity contribution is 6.14. The first kappa shape index (κ1) is 21.1. The van der Waals surface area contributed by atoms with Crippen LogP contribution < -0.4 is 14.2 Å². The van der Waals surface area contributed by atoms with E-state index < -0.39 is 12.4 Å². The van der Waals surface area contributed by atoms with Crippen molar-refractivity contribution in [2.45, 2.75) is 20.5 Å². The molecule has 1 aromatic heterocycles. The molecule has 8 heteroatoms. The van der Waals surface area contributed by atoms with Gasteiger partial charge < -0.3 is 18.8 Å². The van der Waals surface area contributed by atoms with Gasteiger partial charge >= 0.3 is 6.61 Å². The number of hydrogen-bond acceptors (Lipinski definition) is 5. The molecule has 0 radical (unpaired) electrons. The number of carbonyl (C=O) groups is 1. The largest absolute Gasteiger partial charge is 0.454 e. The molecule has 0 fully saturated rings. The zero-order valence-corrected chi connectivity index (χ0v) is 17.3. The molecular formula is C24H18F2N2O4. The van der Waals surface area contributed by atoms with Crippen LogP contribution >= 0.6 is 0 Å². The van der Waals surface area contributed by atoms with Gasteiger partial charge in [-0.2, -0.15) is 14.0 Å². The number of hydrogen-bond donors (Lipinski definition) is 0. The van der Waals surface area contributed by atoms with Gasteiger partial charge in [0, 0.05) is 22.6 Å². The first-order valence-electron chi connectivity index (χ1n) is 9.67. The van der Waals surface area contributed by atoms with E-state index in [1.165, 1.54) is 18.2 Å². The van der Waals surface area contributed by atoms with E-state index in [1.54, 1.807) is 43.3 Å². The summed E-state index contributed by atoms with van der Waals surface area (Å²) >= 11 is 0. The van der Waals surface area contributed by atoms with Gasteiger partial charge in [0.15, 0.2) is 11.5 Å². The summed E-state index contributed by atoms with van der Waals surface area (Å²) in [6.07, 6.45) is 1.51. The second-order valence-electron chi connectivity index (χ2n) is 7.10. The van der Waals surface area contributed by atoms with Gasteiger partial charge in [-0.25, -0.2) is 0 Å². The normalized spacial score (nSPS) is 12.7. The maximum Gasteiger partial charge on any atom is 0.387 e. The van der Waals surface area contributed by atoms with E-state index >= 15 is 0 Å². The van der Waals surface area contributed by atoms with Crippen LogP contribution in [-0.4, -0.2) is 23.8 Å². The van der Waals surface area contributed by atoms with Crippen LogP contribution in [0, 0.1) is 25.2 Å². The minimum absolute atomic E-state index is 0.0233. The van der Waals surface area contributed by atoms with Crippen LogP contribution in [-0.2, 0) is 0 Å². The van der Waals surface area contributed by atoms with Crippen molar-refractivity contribution in [3.05, 3.63) is 76.6 Å². The Morgan fingerprint density at radius 1 is 1.12 bits per heavy atom. The Morgan fingerprint density at radius 2 is 1.84 bits per heavy atom. The molecule has 0 saturated heterocycles. The molecule has 1 aliphatic heterocycles. The summed E-state index contributed by atoms with van der Waals surface area (Å²) in [5.41, 5.74) is 3.06. The fourth-order valence-electron chi connectivity index (χ4n) is 3.63. The van der Waals surface area contributed by atoms with Gasteiger partial charge in [-0.1, -0.05) is 6.07 Å². The molecule has 4 rings (SSSR count). The molecule has 0 aliphatic carbocycles. The molecule has 0 atom stereocenters. The fourth-order valence-corrected chi connectivity index (χ4v) is 3.63. The van der Waals surface area contributed by atoms with Crippen molar-refractivity contribution < 1.29 is 27.8 Å². The van der Waals surface area contributed by atoms with Crippen LogP contribution in [0.2, 0.25) is 0 Å². The lowest BCUT2D eigenvalue weighted by molar-refractivity contribution is -0.0498. The van der Waals surface area contributed by atoms with Crippen molar-refractivity contribution in [3.8, 4) is 29.0 Å². The number of ketones is 1. The smallest absolute Gasteiger partial charge is 0.387 e. The summed E-state index contributed by atoms with van der Waals surface area (Å²) < 4.78 is 41.6. The SMILES string of the molecule is Cc1cc(C(=O)/C(C#N)=C\c2ccc3c(c2)OCO3)c(C)n1-c1ccc(OC(F)F)cc1. The predicted octanol–water partition coefficient (Wildman–Crippen LogP) is 5.21. The molecule has 3 aromatic rings. The highest BCUT2D eigenvalue weighted by Gasteiger charge is 2.21. The number of Topliss-reactive ketones (excluding diaryl/α,β-unsaturated/α-hetero) is 1. The number of fused-ring (bicyclic) bond motifs is 1. The van der Waals surface area contributed by atoms with E-state index in [0.29, 0.717) is 34.0 Å². The Bertz CT molecular complexity index is 1250. The molecule has 1 aliphatic rings. The minimum Gasteiger partial charge on any atom is -0.454 e. The lowest BCUT2D eigenvalue weighted by Crippen LogP contribution is -2.06. The van der Waals surface area contributed by atoms with Crippen molar-refractivity contribution in [1.29, 1.82) is 5.26 Å². The second-order valence-corrected chi connectivity index (χ2v) is 7.10. The van der Waals surface area contributed by atoms with E-state index in [2.05, 4.69) is 4.74 Å². The van der Waals surface area contributed by atoms with E-state index in [9.17, 15) is 18.8 Å². The molecule has 162 valence electrons. The first-order chi connectivity index (χ1) is 15.4. The molecule has 0 amide bonds. The van der Waals surface area contributed by atoms with E-state index in [4.69, 9.17) is 9.47 Å². The summed E-state index contributed by atoms with van der Waals surface area (Å²) in [5, 5.41) is 9.62. The molecular weight excluding hydrogens is 418 g/mol. The third kappa shape index (κ3) is 4.05. The van der Waals surface area contributed by atoms with Crippen molar-refractivity contribution >= 4 is 11.9 Å². The maximum absolute atomic E-state index is 13.1. The molecule has 0 spiro atoms. The average Bonchev–Trinajstić information content (AvgIpc) is 3.35. The highest BCUT2D eigenvalue weighted by atomic mass is 19.3. The number of aryl methyl sites for hydroxylation is 1. The minimum atomic E-state index is -2.90. The zero-order valence-electron chi connectivity index (χ0n) is 17.3. The van der Waals surface area contributed by atoms with Crippen molar-refractivity contribution in [2.75, 3.05) is 6.79 Å². The van der Waals surface area contributed by atoms with Gasteiger partial charge in [0.05, 0.1) is 0 Å². The highest BCUT2D eigenvalue weighted by Crippen LogP contribution is 2.33. The second kappa shape index (κ2) is 8.55. The van der Waals surface area contributed by atoms with Crippen LogP contribution in [0.15, 0.2) is 54.1 Å². The standard InChI is InChI=1S/C24H18F2N2O4/c1-14-9-20(15(2)28(14)18-4-6-19(7-5-18)32-24(25)26)23(29)17(12-27)10-16-3-8-21-22(11-16)31-13-30-21/h3-11,24H,13H2,1-2H3/b17-10-. The van der Waals surface area contributed by atoms with Crippen LogP contribution in [0.4, 0.5) is 8.78 Å².